The van der Waals surface area contributed by atoms with E-state index in [1.165, 1.54) is 22.9 Å². The van der Waals surface area contributed by atoms with Crippen molar-refractivity contribution in [1.82, 2.24) is 9.62 Å². The van der Waals surface area contributed by atoms with Crippen molar-refractivity contribution in [2.45, 2.75) is 31.2 Å². The van der Waals surface area contributed by atoms with E-state index in [1.54, 1.807) is 0 Å². The molecule has 1 saturated carbocycles. The lowest BCUT2D eigenvalue weighted by molar-refractivity contribution is -0.133. The van der Waals surface area contributed by atoms with Crippen molar-refractivity contribution in [2.75, 3.05) is 19.3 Å². The normalized spacial score (nSPS) is 24.8. The van der Waals surface area contributed by atoms with E-state index >= 15 is 0 Å². The third-order valence-electron chi connectivity index (χ3n) is 5.67. The van der Waals surface area contributed by atoms with Crippen LogP contribution in [-0.4, -0.2) is 44.6 Å². The minimum atomic E-state index is -3.25. The van der Waals surface area contributed by atoms with Crippen LogP contribution in [0.15, 0.2) is 54.6 Å². The topological polar surface area (TPSA) is 66.5 Å². The summed E-state index contributed by atoms with van der Waals surface area (Å²) in [5.41, 5.74) is 3.58. The second-order valence-corrected chi connectivity index (χ2v) is 9.73. The van der Waals surface area contributed by atoms with Gasteiger partial charge in [0, 0.05) is 25.0 Å². The summed E-state index contributed by atoms with van der Waals surface area (Å²) in [5.74, 6) is 0.470. The first-order valence-electron chi connectivity index (χ1n) is 9.82. The van der Waals surface area contributed by atoms with Gasteiger partial charge in [0.25, 0.3) is 0 Å². The second kappa shape index (κ2) is 7.68. The maximum absolute atomic E-state index is 12.9. The van der Waals surface area contributed by atoms with Gasteiger partial charge in [0.15, 0.2) is 0 Å². The highest BCUT2D eigenvalue weighted by Gasteiger charge is 2.46. The maximum atomic E-state index is 12.9. The van der Waals surface area contributed by atoms with Crippen molar-refractivity contribution in [3.05, 3.63) is 60.2 Å². The van der Waals surface area contributed by atoms with Crippen molar-refractivity contribution in [3.63, 3.8) is 0 Å². The summed E-state index contributed by atoms with van der Waals surface area (Å²) in [5, 5.41) is 0. The lowest BCUT2D eigenvalue weighted by Gasteiger charge is -2.33. The van der Waals surface area contributed by atoms with Crippen LogP contribution < -0.4 is 4.72 Å². The number of sulfonamides is 1. The number of rotatable bonds is 5. The SMILES string of the molecule is CS(=O)(=O)NC1CCCN(C(=O)C2CC2c2ccc(-c3ccccc3)cc2)C1. The van der Waals surface area contributed by atoms with Crippen LogP contribution in [0.5, 0.6) is 0 Å². The van der Waals surface area contributed by atoms with Crippen molar-refractivity contribution in [3.8, 4) is 11.1 Å². The third-order valence-corrected chi connectivity index (χ3v) is 6.43. The van der Waals surface area contributed by atoms with Gasteiger partial charge in [0.05, 0.1) is 6.26 Å². The maximum Gasteiger partial charge on any atom is 0.226 e. The standard InChI is InChI=1S/C22H26N2O3S/c1-28(26,27)23-19-8-5-13-24(15-19)22(25)21-14-20(21)18-11-9-17(10-12-18)16-6-3-2-4-7-16/h2-4,6-7,9-12,19-21,23H,5,8,13-15H2,1H3. The molecule has 2 aromatic rings. The summed E-state index contributed by atoms with van der Waals surface area (Å²) < 4.78 is 25.6. The predicted molar refractivity (Wildman–Crippen MR) is 110 cm³/mol. The Balaban J connectivity index is 1.38. The van der Waals surface area contributed by atoms with Gasteiger partial charge in [-0.2, -0.15) is 0 Å². The van der Waals surface area contributed by atoms with Crippen molar-refractivity contribution < 1.29 is 13.2 Å². The van der Waals surface area contributed by atoms with Crippen molar-refractivity contribution >= 4 is 15.9 Å². The summed E-state index contributed by atoms with van der Waals surface area (Å²) >= 11 is 0. The number of nitrogens with one attached hydrogen (secondary N) is 1. The summed E-state index contributed by atoms with van der Waals surface area (Å²) in [6, 6.07) is 18.6. The van der Waals surface area contributed by atoms with Crippen LogP contribution in [0.2, 0.25) is 0 Å². The highest BCUT2D eigenvalue weighted by molar-refractivity contribution is 7.88. The summed E-state index contributed by atoms with van der Waals surface area (Å²) in [4.78, 5) is 14.7. The molecule has 5 nitrogen and oxygen atoms in total. The molecule has 1 saturated heterocycles. The fraction of sp³-hybridized carbons (Fsp3) is 0.409. The van der Waals surface area contributed by atoms with Crippen molar-refractivity contribution in [2.24, 2.45) is 5.92 Å². The second-order valence-electron chi connectivity index (χ2n) is 7.95. The molecule has 4 rings (SSSR count). The van der Waals surface area contributed by atoms with Gasteiger partial charge in [-0.05, 0) is 41.9 Å². The highest BCUT2D eigenvalue weighted by atomic mass is 32.2. The molecule has 0 aromatic heterocycles. The van der Waals surface area contributed by atoms with E-state index < -0.39 is 10.0 Å². The van der Waals surface area contributed by atoms with E-state index in [-0.39, 0.29) is 23.8 Å². The Morgan fingerprint density at radius 2 is 1.71 bits per heavy atom. The minimum absolute atomic E-state index is 0.0274. The molecule has 1 N–H and O–H groups in total. The zero-order valence-electron chi connectivity index (χ0n) is 16.0. The van der Waals surface area contributed by atoms with Crippen LogP contribution in [-0.2, 0) is 14.8 Å². The van der Waals surface area contributed by atoms with E-state index in [9.17, 15) is 13.2 Å². The number of carbonyl (C=O) groups is 1. The number of carbonyl (C=O) groups excluding carboxylic acids is 1. The molecule has 28 heavy (non-hydrogen) atoms. The van der Waals surface area contributed by atoms with Gasteiger partial charge in [0.2, 0.25) is 15.9 Å². The van der Waals surface area contributed by atoms with Crippen LogP contribution in [0.1, 0.15) is 30.7 Å². The van der Waals surface area contributed by atoms with Crippen LogP contribution in [0.4, 0.5) is 0 Å². The van der Waals surface area contributed by atoms with E-state index in [1.807, 2.05) is 23.1 Å². The summed E-state index contributed by atoms with van der Waals surface area (Å²) in [6.07, 6.45) is 3.67. The quantitative estimate of drug-likeness (QED) is 0.842. The predicted octanol–water partition coefficient (Wildman–Crippen LogP) is 3.00. The lowest BCUT2D eigenvalue weighted by Crippen LogP contribution is -2.49. The highest BCUT2D eigenvalue weighted by Crippen LogP contribution is 2.49. The van der Waals surface area contributed by atoms with Crippen molar-refractivity contribution in [1.29, 1.82) is 0 Å². The van der Waals surface area contributed by atoms with Gasteiger partial charge < -0.3 is 4.90 Å². The number of hydrogen-bond donors (Lipinski definition) is 1. The molecule has 148 valence electrons. The molecule has 0 radical (unpaired) electrons. The Morgan fingerprint density at radius 1 is 1.04 bits per heavy atom. The lowest BCUT2D eigenvalue weighted by atomic mass is 10.0. The van der Waals surface area contributed by atoms with Crippen LogP contribution >= 0.6 is 0 Å². The molecule has 1 heterocycles. The molecule has 0 bridgehead atoms. The number of amides is 1. The third kappa shape index (κ3) is 4.45. The molecule has 2 aliphatic rings. The Kier molecular flexibility index (Phi) is 5.25. The molecule has 2 fully saturated rings. The minimum Gasteiger partial charge on any atom is -0.341 e. The first kappa shape index (κ1) is 19.2. The number of likely N-dealkylation sites (tertiary alicyclic amines) is 1. The van der Waals surface area contributed by atoms with Gasteiger partial charge in [-0.3, -0.25) is 4.79 Å². The first-order chi connectivity index (χ1) is 13.4. The Labute approximate surface area is 166 Å². The average Bonchev–Trinajstić information content (AvgIpc) is 3.48. The van der Waals surface area contributed by atoms with Crippen LogP contribution in [0.25, 0.3) is 11.1 Å². The Morgan fingerprint density at radius 3 is 2.39 bits per heavy atom. The Hall–Kier alpha value is -2.18. The van der Waals surface area contributed by atoms with Gasteiger partial charge in [-0.25, -0.2) is 13.1 Å². The molecule has 6 heteroatoms. The molecule has 1 aliphatic heterocycles. The van der Waals surface area contributed by atoms with Gasteiger partial charge in [0.1, 0.15) is 0 Å². The zero-order valence-corrected chi connectivity index (χ0v) is 16.9. The van der Waals surface area contributed by atoms with Crippen LogP contribution in [0.3, 0.4) is 0 Å². The Bertz CT molecular complexity index is 942. The van der Waals surface area contributed by atoms with Gasteiger partial charge >= 0.3 is 0 Å². The molecule has 1 aliphatic carbocycles. The average molecular weight is 399 g/mol. The van der Waals surface area contributed by atoms with E-state index in [0.29, 0.717) is 6.54 Å². The molecular weight excluding hydrogens is 372 g/mol. The smallest absolute Gasteiger partial charge is 0.226 e. The van der Waals surface area contributed by atoms with E-state index in [0.717, 1.165) is 25.8 Å². The molecular formula is C22H26N2O3S. The fourth-order valence-corrected chi connectivity index (χ4v) is 5.00. The molecule has 0 spiro atoms. The first-order valence-corrected chi connectivity index (χ1v) is 11.7. The zero-order chi connectivity index (χ0) is 19.7. The number of nitrogens with zero attached hydrogens (tertiary/aromatic N) is 1. The van der Waals surface area contributed by atoms with E-state index in [2.05, 4.69) is 41.1 Å². The van der Waals surface area contributed by atoms with Crippen LogP contribution in [0, 0.1) is 5.92 Å². The fourth-order valence-electron chi connectivity index (χ4n) is 4.20. The summed E-state index contributed by atoms with van der Waals surface area (Å²) in [6.45, 7) is 1.19. The summed E-state index contributed by atoms with van der Waals surface area (Å²) in [7, 11) is -3.25. The molecule has 3 unspecified atom stereocenters. The largest absolute Gasteiger partial charge is 0.341 e. The monoisotopic (exact) mass is 398 g/mol. The molecule has 1 amide bonds. The van der Waals surface area contributed by atoms with Gasteiger partial charge in [-0.15, -0.1) is 0 Å². The van der Waals surface area contributed by atoms with E-state index in [4.69, 9.17) is 0 Å². The number of piperidine rings is 1. The molecule has 2 aromatic carbocycles. The number of benzene rings is 2. The molecule has 3 atom stereocenters. The number of hydrogen-bond acceptors (Lipinski definition) is 3. The van der Waals surface area contributed by atoms with Gasteiger partial charge in [-0.1, -0.05) is 54.6 Å².